The second kappa shape index (κ2) is 8.47. The van der Waals surface area contributed by atoms with Gasteiger partial charge in [0.15, 0.2) is 0 Å². The van der Waals surface area contributed by atoms with Gasteiger partial charge in [-0.2, -0.15) is 5.10 Å². The van der Waals surface area contributed by atoms with Gasteiger partial charge in [0.1, 0.15) is 28.7 Å². The number of aromatic nitrogens is 4. The number of benzene rings is 2. The largest absolute Gasteiger partial charge is 0.497 e. The Morgan fingerprint density at radius 2 is 1.72 bits per heavy atom. The van der Waals surface area contributed by atoms with Gasteiger partial charge in [-0.05, 0) is 48.2 Å². The number of methoxy groups -OCH3 is 2. The fraction of sp³-hybridized carbons (Fsp3) is 0.292. The third kappa shape index (κ3) is 3.85. The smallest absolute Gasteiger partial charge is 0.147 e. The van der Waals surface area contributed by atoms with Crippen LogP contribution in [0.4, 0.5) is 5.82 Å². The first kappa shape index (κ1) is 20.3. The number of hydrogen-bond acceptors (Lipinski definition) is 7. The molecule has 32 heavy (non-hydrogen) atoms. The van der Waals surface area contributed by atoms with Crippen molar-refractivity contribution in [2.75, 3.05) is 32.2 Å². The molecule has 0 aliphatic carbocycles. The first-order valence-corrected chi connectivity index (χ1v) is 10.7. The van der Waals surface area contributed by atoms with E-state index >= 15 is 0 Å². The number of ether oxygens (including phenoxy) is 2. The third-order valence-corrected chi connectivity index (χ3v) is 5.98. The first-order valence-electron chi connectivity index (χ1n) is 10.7. The van der Waals surface area contributed by atoms with Gasteiger partial charge in [0.25, 0.3) is 0 Å². The Morgan fingerprint density at radius 3 is 2.44 bits per heavy atom. The highest BCUT2D eigenvalue weighted by atomic mass is 16.5. The summed E-state index contributed by atoms with van der Waals surface area (Å²) in [6.07, 6.45) is 5.49. The van der Waals surface area contributed by atoms with Crippen LogP contribution in [0.5, 0.6) is 11.5 Å². The summed E-state index contributed by atoms with van der Waals surface area (Å²) in [6.45, 7) is 1.78. The molecule has 1 saturated heterocycles. The minimum atomic E-state index is 0.270. The second-order valence-corrected chi connectivity index (χ2v) is 8.02. The maximum Gasteiger partial charge on any atom is 0.147 e. The van der Waals surface area contributed by atoms with Crippen LogP contribution >= 0.6 is 0 Å². The standard InChI is InChI=1S/C24H26N6O2/c1-31-18-9-16(10-19(12-18)32-2)15-3-4-21-20(11-15)24(29-28-21)22-13-26-14-23(27-22)30-7-5-17(25)6-8-30/h3-4,9-14,17H,5-8,25H2,1-2H3,(H,28,29). The lowest BCUT2D eigenvalue weighted by Crippen LogP contribution is -2.40. The van der Waals surface area contributed by atoms with Gasteiger partial charge in [-0.1, -0.05) is 6.07 Å². The Bertz CT molecular complexity index is 1220. The quantitative estimate of drug-likeness (QED) is 0.498. The first-order chi connectivity index (χ1) is 15.6. The maximum absolute atomic E-state index is 6.05. The van der Waals surface area contributed by atoms with Crippen LogP contribution in [0.3, 0.4) is 0 Å². The molecule has 5 rings (SSSR count). The molecule has 0 bridgehead atoms. The van der Waals surface area contributed by atoms with E-state index in [4.69, 9.17) is 20.2 Å². The Morgan fingerprint density at radius 1 is 0.969 bits per heavy atom. The topological polar surface area (TPSA) is 102 Å². The van der Waals surface area contributed by atoms with Gasteiger partial charge in [0.2, 0.25) is 0 Å². The molecule has 4 aromatic rings. The number of fused-ring (bicyclic) bond motifs is 1. The maximum atomic E-state index is 6.05. The van der Waals surface area contributed by atoms with E-state index in [0.717, 1.165) is 76.7 Å². The molecule has 3 heterocycles. The fourth-order valence-corrected chi connectivity index (χ4v) is 4.11. The molecule has 0 atom stereocenters. The van der Waals surface area contributed by atoms with Crippen LogP contribution in [0, 0.1) is 0 Å². The van der Waals surface area contributed by atoms with E-state index in [1.54, 1.807) is 20.4 Å². The molecule has 164 valence electrons. The van der Waals surface area contributed by atoms with Gasteiger partial charge in [-0.25, -0.2) is 4.98 Å². The van der Waals surface area contributed by atoms with Gasteiger partial charge in [-0.15, -0.1) is 0 Å². The van der Waals surface area contributed by atoms with Crippen LogP contribution < -0.4 is 20.1 Å². The number of nitrogens with one attached hydrogen (secondary N) is 1. The number of hydrogen-bond donors (Lipinski definition) is 2. The Labute approximate surface area is 186 Å². The number of piperidine rings is 1. The predicted octanol–water partition coefficient (Wildman–Crippen LogP) is 3.63. The average molecular weight is 431 g/mol. The van der Waals surface area contributed by atoms with E-state index in [0.29, 0.717) is 0 Å². The number of nitrogens with two attached hydrogens (primary N) is 1. The van der Waals surface area contributed by atoms with E-state index < -0.39 is 0 Å². The average Bonchev–Trinajstić information content (AvgIpc) is 3.27. The molecule has 0 spiro atoms. The lowest BCUT2D eigenvalue weighted by Gasteiger charge is -2.30. The van der Waals surface area contributed by atoms with E-state index in [1.807, 2.05) is 30.5 Å². The lowest BCUT2D eigenvalue weighted by molar-refractivity contribution is 0.394. The molecular weight excluding hydrogens is 404 g/mol. The molecule has 1 aliphatic heterocycles. The summed E-state index contributed by atoms with van der Waals surface area (Å²) in [4.78, 5) is 11.6. The summed E-state index contributed by atoms with van der Waals surface area (Å²) in [6, 6.07) is 12.3. The summed E-state index contributed by atoms with van der Waals surface area (Å²) in [5, 5.41) is 8.65. The number of rotatable bonds is 5. The van der Waals surface area contributed by atoms with Crippen LogP contribution in [0.1, 0.15) is 12.8 Å². The SMILES string of the molecule is COc1cc(OC)cc(-c2ccc3[nH]nc(-c4cncc(N5CCC(N)CC5)n4)c3c2)c1. The van der Waals surface area contributed by atoms with Crippen molar-refractivity contribution >= 4 is 16.7 Å². The van der Waals surface area contributed by atoms with Crippen molar-refractivity contribution in [3.05, 3.63) is 48.8 Å². The van der Waals surface area contributed by atoms with Crippen molar-refractivity contribution in [2.45, 2.75) is 18.9 Å². The van der Waals surface area contributed by atoms with E-state index in [-0.39, 0.29) is 6.04 Å². The molecule has 0 amide bonds. The molecule has 0 unspecified atom stereocenters. The van der Waals surface area contributed by atoms with Gasteiger partial charge < -0.3 is 20.1 Å². The highest BCUT2D eigenvalue weighted by molar-refractivity contribution is 5.95. The number of anilines is 1. The summed E-state index contributed by atoms with van der Waals surface area (Å²) in [5.74, 6) is 2.35. The zero-order chi connectivity index (χ0) is 22.1. The van der Waals surface area contributed by atoms with Crippen molar-refractivity contribution in [2.24, 2.45) is 5.73 Å². The molecule has 8 heteroatoms. The van der Waals surface area contributed by atoms with Crippen LogP contribution in [0.25, 0.3) is 33.4 Å². The van der Waals surface area contributed by atoms with Crippen LogP contribution in [-0.4, -0.2) is 53.5 Å². The highest BCUT2D eigenvalue weighted by Gasteiger charge is 2.19. The second-order valence-electron chi connectivity index (χ2n) is 8.02. The molecule has 8 nitrogen and oxygen atoms in total. The van der Waals surface area contributed by atoms with Crippen molar-refractivity contribution in [1.82, 2.24) is 20.2 Å². The summed E-state index contributed by atoms with van der Waals surface area (Å²) >= 11 is 0. The zero-order valence-corrected chi connectivity index (χ0v) is 18.2. The predicted molar refractivity (Wildman–Crippen MR) is 125 cm³/mol. The minimum absolute atomic E-state index is 0.270. The summed E-state index contributed by atoms with van der Waals surface area (Å²) in [7, 11) is 3.30. The lowest BCUT2D eigenvalue weighted by atomic mass is 10.0. The van der Waals surface area contributed by atoms with Gasteiger partial charge in [-0.3, -0.25) is 10.1 Å². The highest BCUT2D eigenvalue weighted by Crippen LogP contribution is 2.34. The van der Waals surface area contributed by atoms with Gasteiger partial charge in [0.05, 0.1) is 32.1 Å². The van der Waals surface area contributed by atoms with E-state index in [1.165, 1.54) is 0 Å². The Balaban J connectivity index is 1.53. The van der Waals surface area contributed by atoms with Crippen molar-refractivity contribution in [3.8, 4) is 34.0 Å². The van der Waals surface area contributed by atoms with Crippen molar-refractivity contribution in [3.63, 3.8) is 0 Å². The monoisotopic (exact) mass is 430 g/mol. The summed E-state index contributed by atoms with van der Waals surface area (Å²) < 4.78 is 10.9. The van der Waals surface area contributed by atoms with E-state index in [2.05, 4.69) is 32.2 Å². The molecule has 0 radical (unpaired) electrons. The molecule has 2 aromatic carbocycles. The van der Waals surface area contributed by atoms with Crippen molar-refractivity contribution in [1.29, 1.82) is 0 Å². The van der Waals surface area contributed by atoms with Crippen molar-refractivity contribution < 1.29 is 9.47 Å². The summed E-state index contributed by atoms with van der Waals surface area (Å²) in [5.41, 5.74) is 10.5. The third-order valence-electron chi connectivity index (χ3n) is 5.98. The minimum Gasteiger partial charge on any atom is -0.497 e. The molecule has 2 aromatic heterocycles. The molecule has 3 N–H and O–H groups in total. The van der Waals surface area contributed by atoms with Crippen LogP contribution in [0.2, 0.25) is 0 Å². The van der Waals surface area contributed by atoms with Crippen LogP contribution in [0.15, 0.2) is 48.8 Å². The Kier molecular flexibility index (Phi) is 5.36. The molecular formula is C24H26N6O2. The normalized spacial score (nSPS) is 14.7. The fourth-order valence-electron chi connectivity index (χ4n) is 4.11. The number of H-pyrrole nitrogens is 1. The molecule has 0 saturated carbocycles. The number of aromatic amines is 1. The number of nitrogens with zero attached hydrogens (tertiary/aromatic N) is 4. The van der Waals surface area contributed by atoms with Crippen LogP contribution in [-0.2, 0) is 0 Å². The zero-order valence-electron chi connectivity index (χ0n) is 18.2. The Hall–Kier alpha value is -3.65. The van der Waals surface area contributed by atoms with Gasteiger partial charge in [0, 0.05) is 30.6 Å². The van der Waals surface area contributed by atoms with E-state index in [9.17, 15) is 0 Å². The molecule has 1 fully saturated rings. The van der Waals surface area contributed by atoms with Gasteiger partial charge >= 0.3 is 0 Å². The molecule has 1 aliphatic rings.